The summed E-state index contributed by atoms with van der Waals surface area (Å²) in [5.41, 5.74) is -0.0279. The maximum absolute atomic E-state index is 13.7. The van der Waals surface area contributed by atoms with E-state index >= 15 is 0 Å². The highest BCUT2D eigenvalue weighted by atomic mass is 19.1. The van der Waals surface area contributed by atoms with Crippen molar-refractivity contribution >= 4 is 17.7 Å². The molecule has 8 heteroatoms. The maximum Gasteiger partial charge on any atom is 0.356 e. The standard InChI is InChI=1S/C17H17FN4O3/c18-13-4-2-1-3-12(13)16(23)22-7-5-11(6-8-22)21-15-10-19-14(9-20-15)17(24)25/h1-4,9-11H,5-8H2,(H,20,21)(H,24,25). The topological polar surface area (TPSA) is 95.4 Å². The van der Waals surface area contributed by atoms with Crippen LogP contribution in [0.25, 0.3) is 0 Å². The molecule has 1 aromatic heterocycles. The zero-order chi connectivity index (χ0) is 17.8. The molecule has 3 rings (SSSR count). The van der Waals surface area contributed by atoms with Gasteiger partial charge >= 0.3 is 5.97 Å². The number of aromatic carboxylic acids is 1. The highest BCUT2D eigenvalue weighted by Crippen LogP contribution is 2.18. The molecule has 130 valence electrons. The molecule has 1 aromatic carbocycles. The van der Waals surface area contributed by atoms with E-state index in [0.717, 1.165) is 0 Å². The molecule has 0 unspecified atom stereocenters. The average Bonchev–Trinajstić information content (AvgIpc) is 2.63. The molecular formula is C17H17FN4O3. The second-order valence-electron chi connectivity index (χ2n) is 5.78. The lowest BCUT2D eigenvalue weighted by molar-refractivity contribution is 0.0687. The van der Waals surface area contributed by atoms with Crippen molar-refractivity contribution in [1.29, 1.82) is 0 Å². The molecule has 2 heterocycles. The molecule has 1 aliphatic rings. The van der Waals surface area contributed by atoms with Gasteiger partial charge in [-0.2, -0.15) is 0 Å². The Morgan fingerprint density at radius 3 is 2.48 bits per heavy atom. The van der Waals surface area contributed by atoms with Gasteiger partial charge in [-0.3, -0.25) is 4.79 Å². The Morgan fingerprint density at radius 2 is 1.88 bits per heavy atom. The number of carboxylic acids is 1. The quantitative estimate of drug-likeness (QED) is 0.881. The van der Waals surface area contributed by atoms with E-state index in [1.54, 1.807) is 17.0 Å². The van der Waals surface area contributed by atoms with Crippen LogP contribution in [0.4, 0.5) is 10.2 Å². The maximum atomic E-state index is 13.7. The van der Waals surface area contributed by atoms with Crippen LogP contribution < -0.4 is 5.32 Å². The van der Waals surface area contributed by atoms with Gasteiger partial charge in [0.2, 0.25) is 0 Å². The molecule has 1 amide bonds. The van der Waals surface area contributed by atoms with Gasteiger partial charge in [0.05, 0.1) is 18.0 Å². The predicted molar refractivity (Wildman–Crippen MR) is 87.9 cm³/mol. The molecule has 0 saturated carbocycles. The summed E-state index contributed by atoms with van der Waals surface area (Å²) < 4.78 is 13.7. The molecular weight excluding hydrogens is 327 g/mol. The van der Waals surface area contributed by atoms with Crippen LogP contribution in [0.1, 0.15) is 33.7 Å². The third kappa shape index (κ3) is 3.90. The Hall–Kier alpha value is -3.03. The van der Waals surface area contributed by atoms with Gasteiger partial charge in [0.1, 0.15) is 11.6 Å². The van der Waals surface area contributed by atoms with E-state index in [1.807, 2.05) is 0 Å². The number of hydrogen-bond donors (Lipinski definition) is 2. The van der Waals surface area contributed by atoms with E-state index in [0.29, 0.717) is 31.7 Å². The van der Waals surface area contributed by atoms with Crippen molar-refractivity contribution in [2.75, 3.05) is 18.4 Å². The summed E-state index contributed by atoms with van der Waals surface area (Å²) >= 11 is 0. The summed E-state index contributed by atoms with van der Waals surface area (Å²) in [4.78, 5) is 32.6. The predicted octanol–water partition coefficient (Wildman–Crippen LogP) is 2.03. The van der Waals surface area contributed by atoms with E-state index in [9.17, 15) is 14.0 Å². The van der Waals surface area contributed by atoms with Crippen LogP contribution >= 0.6 is 0 Å². The smallest absolute Gasteiger partial charge is 0.356 e. The number of amides is 1. The molecule has 0 atom stereocenters. The van der Waals surface area contributed by atoms with E-state index in [4.69, 9.17) is 5.11 Å². The first-order valence-corrected chi connectivity index (χ1v) is 7.90. The lowest BCUT2D eigenvalue weighted by atomic mass is 10.0. The summed E-state index contributed by atoms with van der Waals surface area (Å²) in [7, 11) is 0. The number of halogens is 1. The molecule has 1 saturated heterocycles. The largest absolute Gasteiger partial charge is 0.476 e. The van der Waals surface area contributed by atoms with Gasteiger partial charge < -0.3 is 15.3 Å². The number of likely N-dealkylation sites (tertiary alicyclic amines) is 1. The van der Waals surface area contributed by atoms with Crippen molar-refractivity contribution < 1.29 is 19.1 Å². The Kier molecular flexibility index (Phi) is 4.87. The highest BCUT2D eigenvalue weighted by molar-refractivity contribution is 5.94. The fraction of sp³-hybridized carbons (Fsp3) is 0.294. The Balaban J connectivity index is 1.56. The molecule has 0 radical (unpaired) electrons. The highest BCUT2D eigenvalue weighted by Gasteiger charge is 2.25. The van der Waals surface area contributed by atoms with Gasteiger partial charge in [-0.05, 0) is 25.0 Å². The zero-order valence-electron chi connectivity index (χ0n) is 13.4. The fourth-order valence-corrected chi connectivity index (χ4v) is 2.75. The van der Waals surface area contributed by atoms with E-state index in [1.165, 1.54) is 24.5 Å². The second kappa shape index (κ2) is 7.25. The minimum atomic E-state index is -1.13. The van der Waals surface area contributed by atoms with E-state index < -0.39 is 11.8 Å². The number of nitrogens with zero attached hydrogens (tertiary/aromatic N) is 3. The van der Waals surface area contributed by atoms with Crippen molar-refractivity contribution in [3.05, 3.63) is 53.7 Å². The summed E-state index contributed by atoms with van der Waals surface area (Å²) in [6, 6.07) is 6.06. The minimum absolute atomic E-state index is 0.0871. The van der Waals surface area contributed by atoms with Crippen LogP contribution in [0.15, 0.2) is 36.7 Å². The van der Waals surface area contributed by atoms with Crippen LogP contribution in [0.2, 0.25) is 0 Å². The number of carbonyl (C=O) groups excluding carboxylic acids is 1. The molecule has 0 spiro atoms. The van der Waals surface area contributed by atoms with Crippen molar-refractivity contribution in [3.63, 3.8) is 0 Å². The first kappa shape index (κ1) is 16.8. The van der Waals surface area contributed by atoms with E-state index in [2.05, 4.69) is 15.3 Å². The van der Waals surface area contributed by atoms with Gasteiger partial charge in [0.25, 0.3) is 5.91 Å². The lowest BCUT2D eigenvalue weighted by Crippen LogP contribution is -2.42. The lowest BCUT2D eigenvalue weighted by Gasteiger charge is -2.32. The number of piperidine rings is 1. The number of rotatable bonds is 4. The number of hydrogen-bond acceptors (Lipinski definition) is 5. The SMILES string of the molecule is O=C(O)c1cnc(NC2CCN(C(=O)c3ccccc3F)CC2)cn1. The monoisotopic (exact) mass is 344 g/mol. The second-order valence-corrected chi connectivity index (χ2v) is 5.78. The summed E-state index contributed by atoms with van der Waals surface area (Å²) in [5.74, 6) is -1.45. The third-order valence-electron chi connectivity index (χ3n) is 4.11. The van der Waals surface area contributed by atoms with Gasteiger partial charge in [-0.1, -0.05) is 12.1 Å². The van der Waals surface area contributed by atoms with Crippen molar-refractivity contribution in [3.8, 4) is 0 Å². The number of nitrogens with one attached hydrogen (secondary N) is 1. The van der Waals surface area contributed by atoms with E-state index in [-0.39, 0.29) is 23.2 Å². The Labute approximate surface area is 143 Å². The van der Waals surface area contributed by atoms with Gasteiger partial charge in [-0.15, -0.1) is 0 Å². The summed E-state index contributed by atoms with van der Waals surface area (Å²) in [6.07, 6.45) is 3.94. The van der Waals surface area contributed by atoms with Crippen LogP contribution in [0.3, 0.4) is 0 Å². The minimum Gasteiger partial charge on any atom is -0.476 e. The number of anilines is 1. The normalized spacial score (nSPS) is 15.0. The fourth-order valence-electron chi connectivity index (χ4n) is 2.75. The average molecular weight is 344 g/mol. The first-order valence-electron chi connectivity index (χ1n) is 7.90. The zero-order valence-corrected chi connectivity index (χ0v) is 13.4. The van der Waals surface area contributed by atoms with Crippen molar-refractivity contribution in [1.82, 2.24) is 14.9 Å². The molecule has 25 heavy (non-hydrogen) atoms. The molecule has 2 aromatic rings. The molecule has 0 bridgehead atoms. The van der Waals surface area contributed by atoms with Crippen LogP contribution in [0, 0.1) is 5.82 Å². The number of aromatic nitrogens is 2. The van der Waals surface area contributed by atoms with Gasteiger partial charge in [0.15, 0.2) is 5.69 Å². The number of benzene rings is 1. The van der Waals surface area contributed by atoms with Gasteiger partial charge in [-0.25, -0.2) is 19.2 Å². The molecule has 0 aliphatic carbocycles. The molecule has 1 aliphatic heterocycles. The first-order chi connectivity index (χ1) is 12.0. The summed E-state index contributed by atoms with van der Waals surface area (Å²) in [6.45, 7) is 1.01. The van der Waals surface area contributed by atoms with Crippen LogP contribution in [0.5, 0.6) is 0 Å². The summed E-state index contributed by atoms with van der Waals surface area (Å²) in [5, 5.41) is 12.0. The number of carboxylic acid groups (broad SMARTS) is 1. The Morgan fingerprint density at radius 1 is 1.16 bits per heavy atom. The van der Waals surface area contributed by atoms with Crippen LogP contribution in [-0.4, -0.2) is 51.0 Å². The van der Waals surface area contributed by atoms with Crippen molar-refractivity contribution in [2.24, 2.45) is 0 Å². The molecule has 7 nitrogen and oxygen atoms in total. The molecule has 2 N–H and O–H groups in total. The Bertz CT molecular complexity index is 774. The molecule has 1 fully saturated rings. The van der Waals surface area contributed by atoms with Crippen LogP contribution in [-0.2, 0) is 0 Å². The van der Waals surface area contributed by atoms with Crippen molar-refractivity contribution in [2.45, 2.75) is 18.9 Å². The van der Waals surface area contributed by atoms with Gasteiger partial charge in [0, 0.05) is 19.1 Å². The number of carbonyl (C=O) groups is 2. The third-order valence-corrected chi connectivity index (χ3v) is 4.11.